The molecule has 2 aromatic heterocycles. The lowest BCUT2D eigenvalue weighted by molar-refractivity contribution is -0.192. The van der Waals surface area contributed by atoms with Gasteiger partial charge in [0.1, 0.15) is 5.69 Å². The van der Waals surface area contributed by atoms with Crippen molar-refractivity contribution in [2.45, 2.75) is 6.18 Å². The first-order valence-electron chi connectivity index (χ1n) is 6.89. The third-order valence-electron chi connectivity index (χ3n) is 3.12. The number of aromatic nitrogens is 3. The molecule has 8 nitrogen and oxygen atoms in total. The summed E-state index contributed by atoms with van der Waals surface area (Å²) in [4.78, 5) is 24.3. The molecule has 0 aliphatic rings. The van der Waals surface area contributed by atoms with Crippen LogP contribution >= 0.6 is 0 Å². The van der Waals surface area contributed by atoms with Gasteiger partial charge in [-0.1, -0.05) is 12.1 Å². The minimum absolute atomic E-state index is 0.189. The normalized spacial score (nSPS) is 10.9. The van der Waals surface area contributed by atoms with E-state index < -0.39 is 18.1 Å². The number of aromatic amines is 1. The second kappa shape index (κ2) is 7.09. The fourth-order valence-electron chi connectivity index (χ4n) is 2.00. The summed E-state index contributed by atoms with van der Waals surface area (Å²) in [6.07, 6.45) is -3.42. The largest absolute Gasteiger partial charge is 0.490 e. The highest BCUT2D eigenvalue weighted by molar-refractivity contribution is 5.99. The molecule has 3 aromatic rings. The van der Waals surface area contributed by atoms with Crippen molar-refractivity contribution in [3.8, 4) is 11.1 Å². The van der Waals surface area contributed by atoms with E-state index in [2.05, 4.69) is 15.2 Å². The Balaban J connectivity index is 0.000000298. The van der Waals surface area contributed by atoms with E-state index in [1.807, 2.05) is 18.2 Å². The second-order valence-corrected chi connectivity index (χ2v) is 4.98. The first kappa shape index (κ1) is 18.7. The highest BCUT2D eigenvalue weighted by Gasteiger charge is 2.38. The molecule has 0 atom stereocenters. The molecule has 6 N–H and O–H groups in total. The van der Waals surface area contributed by atoms with Gasteiger partial charge in [0.25, 0.3) is 5.91 Å². The lowest BCUT2D eigenvalue weighted by Crippen LogP contribution is -2.21. The van der Waals surface area contributed by atoms with Crippen LogP contribution in [0.1, 0.15) is 10.5 Å². The molecule has 2 heterocycles. The van der Waals surface area contributed by atoms with Crippen LogP contribution in [0.3, 0.4) is 0 Å². The zero-order valence-corrected chi connectivity index (χ0v) is 12.9. The lowest BCUT2D eigenvalue weighted by atomic mass is 10.0. The van der Waals surface area contributed by atoms with Crippen molar-refractivity contribution >= 4 is 28.6 Å². The number of carboxylic acid groups (broad SMARTS) is 1. The number of hydrogen-bond acceptors (Lipinski definition) is 5. The van der Waals surface area contributed by atoms with Crippen LogP contribution in [-0.4, -0.2) is 38.3 Å². The Morgan fingerprint density at radius 3 is 2.38 bits per heavy atom. The molecule has 26 heavy (non-hydrogen) atoms. The van der Waals surface area contributed by atoms with E-state index in [1.165, 1.54) is 0 Å². The number of amides is 1. The summed E-state index contributed by atoms with van der Waals surface area (Å²) in [5, 5.41) is 14.6. The number of H-pyrrole nitrogens is 1. The Hall–Kier alpha value is -3.63. The highest BCUT2D eigenvalue weighted by Crippen LogP contribution is 2.28. The van der Waals surface area contributed by atoms with Gasteiger partial charge in [0.05, 0.1) is 6.20 Å². The predicted molar refractivity (Wildman–Crippen MR) is 85.9 cm³/mol. The summed E-state index contributed by atoms with van der Waals surface area (Å²) in [6, 6.07) is 9.03. The summed E-state index contributed by atoms with van der Waals surface area (Å²) >= 11 is 0. The van der Waals surface area contributed by atoms with Gasteiger partial charge in [-0.2, -0.15) is 18.3 Å². The zero-order chi connectivity index (χ0) is 19.5. The molecule has 0 aliphatic carbocycles. The molecule has 1 amide bonds. The molecule has 11 heteroatoms. The molecule has 0 fully saturated rings. The molecule has 0 unspecified atom stereocenters. The number of primary amides is 1. The maximum atomic E-state index is 11.3. The number of nitrogens with two attached hydrogens (primary N) is 2. The number of halogens is 3. The first-order chi connectivity index (χ1) is 12.1. The first-order valence-corrected chi connectivity index (χ1v) is 6.89. The van der Waals surface area contributed by atoms with Crippen LogP contribution in [-0.2, 0) is 4.79 Å². The molecular weight excluding hydrogens is 355 g/mol. The van der Waals surface area contributed by atoms with Gasteiger partial charge in [0.15, 0.2) is 5.65 Å². The molecule has 0 saturated carbocycles. The average molecular weight is 367 g/mol. The molecule has 3 rings (SSSR count). The molecule has 0 saturated heterocycles. The molecule has 1 aromatic carbocycles. The van der Waals surface area contributed by atoms with Crippen LogP contribution in [0.15, 0.2) is 36.5 Å². The number of carbonyl (C=O) groups is 2. The van der Waals surface area contributed by atoms with Crippen molar-refractivity contribution in [2.24, 2.45) is 5.73 Å². The SMILES string of the molecule is NC(=O)c1cc(-c2cccc(N)c2)c2cn[nH]c2n1.O=C(O)C(F)(F)F. The monoisotopic (exact) mass is 367 g/mol. The van der Waals surface area contributed by atoms with Gasteiger partial charge in [-0.05, 0) is 29.3 Å². The minimum Gasteiger partial charge on any atom is -0.475 e. The number of fused-ring (bicyclic) bond motifs is 1. The summed E-state index contributed by atoms with van der Waals surface area (Å²) in [5.74, 6) is -3.34. The van der Waals surface area contributed by atoms with Crippen molar-refractivity contribution in [1.29, 1.82) is 0 Å². The fourth-order valence-corrected chi connectivity index (χ4v) is 2.00. The summed E-state index contributed by atoms with van der Waals surface area (Å²) in [6.45, 7) is 0. The van der Waals surface area contributed by atoms with Gasteiger partial charge in [-0.3, -0.25) is 9.89 Å². The second-order valence-electron chi connectivity index (χ2n) is 4.98. The number of benzene rings is 1. The Morgan fingerprint density at radius 1 is 1.19 bits per heavy atom. The highest BCUT2D eigenvalue weighted by atomic mass is 19.4. The number of aliphatic carboxylic acids is 1. The van der Waals surface area contributed by atoms with Crippen molar-refractivity contribution in [1.82, 2.24) is 15.2 Å². The van der Waals surface area contributed by atoms with Gasteiger partial charge < -0.3 is 16.6 Å². The number of nitrogens with one attached hydrogen (secondary N) is 1. The number of carboxylic acids is 1. The molecule has 0 radical (unpaired) electrons. The number of nitrogens with zero attached hydrogens (tertiary/aromatic N) is 2. The van der Waals surface area contributed by atoms with Crippen LogP contribution in [0.4, 0.5) is 18.9 Å². The Kier molecular flexibility index (Phi) is 5.10. The van der Waals surface area contributed by atoms with Crippen molar-refractivity contribution in [2.75, 3.05) is 5.73 Å². The molecule has 0 spiro atoms. The molecular formula is C15H12F3N5O3. The number of carbonyl (C=O) groups excluding carboxylic acids is 1. The van der Waals surface area contributed by atoms with Crippen LogP contribution in [0.5, 0.6) is 0 Å². The summed E-state index contributed by atoms with van der Waals surface area (Å²) < 4.78 is 31.7. The van der Waals surface area contributed by atoms with E-state index in [9.17, 15) is 18.0 Å². The average Bonchev–Trinajstić information content (AvgIpc) is 3.02. The number of anilines is 1. The number of nitrogen functional groups attached to an aromatic ring is 1. The predicted octanol–water partition coefficient (Wildman–Crippen LogP) is 1.94. The van der Waals surface area contributed by atoms with Crippen LogP contribution in [0.2, 0.25) is 0 Å². The molecule has 136 valence electrons. The fraction of sp³-hybridized carbons (Fsp3) is 0.0667. The zero-order valence-electron chi connectivity index (χ0n) is 12.9. The van der Waals surface area contributed by atoms with E-state index in [1.54, 1.807) is 18.3 Å². The number of hydrogen-bond donors (Lipinski definition) is 4. The van der Waals surface area contributed by atoms with Crippen molar-refractivity contribution in [3.05, 3.63) is 42.2 Å². The Labute approximate surface area is 143 Å². The lowest BCUT2D eigenvalue weighted by Gasteiger charge is -2.06. The maximum Gasteiger partial charge on any atom is 0.490 e. The van der Waals surface area contributed by atoms with E-state index in [0.717, 1.165) is 16.5 Å². The van der Waals surface area contributed by atoms with E-state index >= 15 is 0 Å². The topological polar surface area (TPSA) is 148 Å². The smallest absolute Gasteiger partial charge is 0.475 e. The molecule has 0 aliphatic heterocycles. The van der Waals surface area contributed by atoms with Gasteiger partial charge >= 0.3 is 12.1 Å². The quantitative estimate of drug-likeness (QED) is 0.509. The number of rotatable bonds is 2. The van der Waals surface area contributed by atoms with Gasteiger partial charge in [0.2, 0.25) is 0 Å². The van der Waals surface area contributed by atoms with E-state index in [0.29, 0.717) is 11.3 Å². The summed E-state index contributed by atoms with van der Waals surface area (Å²) in [5.41, 5.74) is 14.1. The van der Waals surface area contributed by atoms with E-state index in [4.69, 9.17) is 21.4 Å². The third-order valence-corrected chi connectivity index (χ3v) is 3.12. The third kappa shape index (κ3) is 4.26. The molecule has 0 bridgehead atoms. The van der Waals surface area contributed by atoms with Gasteiger partial charge in [0, 0.05) is 11.1 Å². The van der Waals surface area contributed by atoms with Gasteiger partial charge in [-0.25, -0.2) is 9.78 Å². The van der Waals surface area contributed by atoms with Gasteiger partial charge in [-0.15, -0.1) is 0 Å². The number of alkyl halides is 3. The van der Waals surface area contributed by atoms with Crippen LogP contribution < -0.4 is 11.5 Å². The van der Waals surface area contributed by atoms with Crippen molar-refractivity contribution < 1.29 is 27.9 Å². The Morgan fingerprint density at radius 2 is 1.85 bits per heavy atom. The maximum absolute atomic E-state index is 11.3. The number of pyridine rings is 1. The van der Waals surface area contributed by atoms with Crippen LogP contribution in [0.25, 0.3) is 22.2 Å². The van der Waals surface area contributed by atoms with Crippen LogP contribution in [0, 0.1) is 0 Å². The Bertz CT molecular complexity index is 969. The standard InChI is InChI=1S/C13H11N5O.C2HF3O2/c14-8-3-1-2-7(4-8)9-5-11(12(15)19)17-13-10(9)6-16-18-13;3-2(4,5)1(6)7/h1-6H,14H2,(H2,15,19)(H,16,17,18);(H,6,7). The van der Waals surface area contributed by atoms with Crippen molar-refractivity contribution in [3.63, 3.8) is 0 Å². The minimum atomic E-state index is -5.08. The summed E-state index contributed by atoms with van der Waals surface area (Å²) in [7, 11) is 0. The van der Waals surface area contributed by atoms with E-state index in [-0.39, 0.29) is 5.69 Å².